The molecular weight excluding hydrogens is 322 g/mol. The van der Waals surface area contributed by atoms with Crippen LogP contribution in [0.15, 0.2) is 28.1 Å². The van der Waals surface area contributed by atoms with Crippen molar-refractivity contribution in [2.24, 2.45) is 4.99 Å². The Morgan fingerprint density at radius 2 is 2.15 bits per heavy atom. The van der Waals surface area contributed by atoms with E-state index in [0.717, 1.165) is 34.7 Å². The van der Waals surface area contributed by atoms with E-state index < -0.39 is 10.1 Å². The Morgan fingerprint density at radius 3 is 2.65 bits per heavy atom. The Hall–Kier alpha value is -0.960. The molecule has 1 aromatic rings. The fourth-order valence-corrected chi connectivity index (χ4v) is 2.09. The zero-order valence-corrected chi connectivity index (χ0v) is 13.4. The molecule has 6 nitrogen and oxygen atoms in total. The van der Waals surface area contributed by atoms with Crippen LogP contribution in [0.2, 0.25) is 5.02 Å². The highest BCUT2D eigenvalue weighted by atomic mass is 35.5. The quantitative estimate of drug-likeness (QED) is 0.564. The molecule has 1 heterocycles. The number of nitrogens with one attached hydrogen (secondary N) is 2. The highest BCUT2D eigenvalue weighted by molar-refractivity contribution is 7.98. The van der Waals surface area contributed by atoms with Crippen LogP contribution in [-0.4, -0.2) is 44.5 Å². The van der Waals surface area contributed by atoms with Crippen molar-refractivity contribution in [2.75, 3.05) is 30.9 Å². The van der Waals surface area contributed by atoms with Crippen molar-refractivity contribution < 1.29 is 13.0 Å². The van der Waals surface area contributed by atoms with E-state index in [9.17, 15) is 8.42 Å². The maximum Gasteiger partial charge on any atom is 0.261 e. The summed E-state index contributed by atoms with van der Waals surface area (Å²) in [6.07, 6.45) is 2.76. The summed E-state index contributed by atoms with van der Waals surface area (Å²) in [5, 5.41) is 7.13. The lowest BCUT2D eigenvalue weighted by molar-refractivity contribution is 0.490. The molecule has 0 atom stereocenters. The molecule has 2 rings (SSSR count). The first kappa shape index (κ1) is 17.1. The third kappa shape index (κ3) is 6.99. The second-order valence-electron chi connectivity index (χ2n) is 3.86. The number of hydrogen-bond donors (Lipinski definition) is 3. The summed E-state index contributed by atoms with van der Waals surface area (Å²) in [6.45, 7) is 1.73. The van der Waals surface area contributed by atoms with E-state index in [-0.39, 0.29) is 0 Å². The number of benzene rings is 1. The summed E-state index contributed by atoms with van der Waals surface area (Å²) < 4.78 is 25.9. The summed E-state index contributed by atoms with van der Waals surface area (Å²) in [5.74, 6) is 0.826. The van der Waals surface area contributed by atoms with Crippen LogP contribution in [-0.2, 0) is 10.1 Å². The van der Waals surface area contributed by atoms with Crippen LogP contribution < -0.4 is 10.6 Å². The highest BCUT2D eigenvalue weighted by Crippen LogP contribution is 2.28. The van der Waals surface area contributed by atoms with Crippen LogP contribution in [0.4, 0.5) is 5.69 Å². The average molecular weight is 338 g/mol. The van der Waals surface area contributed by atoms with Gasteiger partial charge in [-0.1, -0.05) is 11.6 Å². The Bertz CT molecular complexity index is 583. The van der Waals surface area contributed by atoms with Gasteiger partial charge in [0.25, 0.3) is 10.1 Å². The van der Waals surface area contributed by atoms with Crippen molar-refractivity contribution in [1.29, 1.82) is 0 Å². The maximum atomic E-state index is 9.19. The first-order valence-corrected chi connectivity index (χ1v) is 9.06. The van der Waals surface area contributed by atoms with Crippen LogP contribution in [0.5, 0.6) is 0 Å². The molecule has 0 spiro atoms. The van der Waals surface area contributed by atoms with Gasteiger partial charge >= 0.3 is 0 Å². The van der Waals surface area contributed by atoms with Crippen molar-refractivity contribution in [3.8, 4) is 0 Å². The Balaban J connectivity index is 0.000000347. The number of thioether (sulfide) groups is 1. The molecule has 112 valence electrons. The number of nitrogens with zero attached hydrogens (tertiary/aromatic N) is 1. The van der Waals surface area contributed by atoms with Gasteiger partial charge in [0.1, 0.15) is 0 Å². The summed E-state index contributed by atoms with van der Waals surface area (Å²) >= 11 is 7.63. The normalized spacial score (nSPS) is 13.9. The zero-order valence-electron chi connectivity index (χ0n) is 11.1. The summed E-state index contributed by atoms with van der Waals surface area (Å²) in [7, 11) is -3.67. The zero-order chi connectivity index (χ0) is 15.2. The molecule has 0 fully saturated rings. The molecule has 1 aromatic carbocycles. The van der Waals surface area contributed by atoms with E-state index in [1.54, 1.807) is 11.8 Å². The van der Waals surface area contributed by atoms with Gasteiger partial charge in [-0.15, -0.1) is 11.8 Å². The van der Waals surface area contributed by atoms with E-state index in [0.29, 0.717) is 6.26 Å². The first-order chi connectivity index (χ1) is 9.29. The van der Waals surface area contributed by atoms with Gasteiger partial charge in [0, 0.05) is 16.5 Å². The SMILES string of the molecule is CS(=O)(=O)O.CSc1ccc(Cl)cc1NC1=NCCN1. The number of rotatable bonds is 2. The minimum atomic E-state index is -3.67. The summed E-state index contributed by atoms with van der Waals surface area (Å²) in [6, 6.07) is 5.81. The molecule has 0 amide bonds. The fourth-order valence-electron chi connectivity index (χ4n) is 1.39. The number of hydrogen-bond acceptors (Lipinski definition) is 6. The van der Waals surface area contributed by atoms with Crippen molar-refractivity contribution in [3.63, 3.8) is 0 Å². The molecular formula is C11H16ClN3O3S2. The molecule has 0 aliphatic carbocycles. The second kappa shape index (κ2) is 7.72. The molecule has 0 saturated heterocycles. The largest absolute Gasteiger partial charge is 0.354 e. The summed E-state index contributed by atoms with van der Waals surface area (Å²) in [5.41, 5.74) is 1.00. The Morgan fingerprint density at radius 1 is 1.50 bits per heavy atom. The third-order valence-electron chi connectivity index (χ3n) is 2.09. The van der Waals surface area contributed by atoms with Gasteiger partial charge in [-0.3, -0.25) is 9.55 Å². The number of guanidine groups is 1. The van der Waals surface area contributed by atoms with Crippen LogP contribution in [0.25, 0.3) is 0 Å². The van der Waals surface area contributed by atoms with Crippen molar-refractivity contribution in [2.45, 2.75) is 4.90 Å². The van der Waals surface area contributed by atoms with E-state index in [1.165, 1.54) is 0 Å². The number of halogens is 1. The van der Waals surface area contributed by atoms with Gasteiger partial charge in [-0.2, -0.15) is 8.42 Å². The summed E-state index contributed by atoms with van der Waals surface area (Å²) in [4.78, 5) is 5.44. The Labute approximate surface area is 127 Å². The van der Waals surface area contributed by atoms with Gasteiger partial charge in [-0.25, -0.2) is 0 Å². The minimum Gasteiger partial charge on any atom is -0.354 e. The van der Waals surface area contributed by atoms with Crippen molar-refractivity contribution in [1.82, 2.24) is 5.32 Å². The molecule has 0 bridgehead atoms. The van der Waals surface area contributed by atoms with E-state index in [1.807, 2.05) is 24.5 Å². The van der Waals surface area contributed by atoms with Crippen LogP contribution >= 0.6 is 23.4 Å². The van der Waals surface area contributed by atoms with Crippen LogP contribution in [0.3, 0.4) is 0 Å². The predicted octanol–water partition coefficient (Wildman–Crippen LogP) is 1.94. The fraction of sp³-hybridized carbons (Fsp3) is 0.364. The van der Waals surface area contributed by atoms with Gasteiger partial charge in [-0.05, 0) is 24.5 Å². The lowest BCUT2D eigenvalue weighted by Gasteiger charge is -2.10. The second-order valence-corrected chi connectivity index (χ2v) is 6.61. The van der Waals surface area contributed by atoms with E-state index >= 15 is 0 Å². The van der Waals surface area contributed by atoms with Gasteiger partial charge in [0.05, 0.1) is 18.5 Å². The molecule has 0 unspecified atom stereocenters. The molecule has 9 heteroatoms. The smallest absolute Gasteiger partial charge is 0.261 e. The van der Waals surface area contributed by atoms with Crippen LogP contribution in [0.1, 0.15) is 0 Å². The molecule has 0 aromatic heterocycles. The van der Waals surface area contributed by atoms with E-state index in [2.05, 4.69) is 15.6 Å². The van der Waals surface area contributed by atoms with Crippen LogP contribution in [0, 0.1) is 0 Å². The highest BCUT2D eigenvalue weighted by Gasteiger charge is 2.08. The minimum absolute atomic E-state index is 0.715. The molecule has 1 aliphatic heterocycles. The van der Waals surface area contributed by atoms with Gasteiger partial charge < -0.3 is 10.6 Å². The predicted molar refractivity (Wildman–Crippen MR) is 84.6 cm³/mol. The lowest BCUT2D eigenvalue weighted by Crippen LogP contribution is -2.26. The number of aliphatic imine (C=N–C) groups is 1. The van der Waals surface area contributed by atoms with Gasteiger partial charge in [0.15, 0.2) is 5.96 Å². The lowest BCUT2D eigenvalue weighted by atomic mass is 10.3. The molecule has 1 aliphatic rings. The molecule has 20 heavy (non-hydrogen) atoms. The van der Waals surface area contributed by atoms with Crippen molar-refractivity contribution in [3.05, 3.63) is 23.2 Å². The average Bonchev–Trinajstić information content (AvgIpc) is 2.80. The molecule has 0 saturated carbocycles. The first-order valence-electron chi connectivity index (χ1n) is 5.61. The Kier molecular flexibility index (Phi) is 6.60. The third-order valence-corrected chi connectivity index (χ3v) is 3.12. The monoisotopic (exact) mass is 337 g/mol. The molecule has 3 N–H and O–H groups in total. The standard InChI is InChI=1S/C10H12ClN3S.CH4O3S/c1-15-9-3-2-7(11)6-8(9)14-10-12-4-5-13-10;1-5(2,3)4/h2-3,6H,4-5H2,1H3,(H2,12,13,14);1H3,(H,2,3,4). The topological polar surface area (TPSA) is 90.8 Å². The maximum absolute atomic E-state index is 9.19. The van der Waals surface area contributed by atoms with Gasteiger partial charge in [0.2, 0.25) is 0 Å². The van der Waals surface area contributed by atoms with E-state index in [4.69, 9.17) is 16.2 Å². The van der Waals surface area contributed by atoms with Crippen molar-refractivity contribution >= 4 is 45.1 Å². The number of anilines is 1. The molecule has 0 radical (unpaired) electrons.